The molecular weight excluding hydrogens is 442 g/mol. The number of rotatable bonds is 7. The van der Waals surface area contributed by atoms with Crippen molar-refractivity contribution in [1.29, 1.82) is 0 Å². The van der Waals surface area contributed by atoms with E-state index in [0.29, 0.717) is 47.7 Å². The lowest BCUT2D eigenvalue weighted by atomic mass is 9.93. The maximum absolute atomic E-state index is 12.9. The van der Waals surface area contributed by atoms with Gasteiger partial charge in [-0.05, 0) is 63.1 Å². The third-order valence-corrected chi connectivity index (χ3v) is 6.53. The first-order valence-corrected chi connectivity index (χ1v) is 12.2. The first-order chi connectivity index (χ1) is 15.9. The molecule has 1 aliphatic carbocycles. The van der Waals surface area contributed by atoms with Gasteiger partial charge in [-0.1, -0.05) is 18.2 Å². The normalized spacial score (nSPS) is 14.5. The van der Waals surface area contributed by atoms with E-state index in [2.05, 4.69) is 15.2 Å². The van der Waals surface area contributed by atoms with Gasteiger partial charge in [0.25, 0.3) is 15.9 Å². The number of ether oxygens (including phenoxy) is 1. The van der Waals surface area contributed by atoms with Crippen molar-refractivity contribution < 1.29 is 22.4 Å². The number of nitrogens with one attached hydrogen (secondary N) is 2. The lowest BCUT2D eigenvalue weighted by Gasteiger charge is -2.14. The summed E-state index contributed by atoms with van der Waals surface area (Å²) in [6.45, 7) is 4.25. The number of hydrogen-bond acceptors (Lipinski definition) is 6. The van der Waals surface area contributed by atoms with Crippen LogP contribution in [0.2, 0.25) is 0 Å². The fourth-order valence-corrected chi connectivity index (χ4v) is 4.60. The summed E-state index contributed by atoms with van der Waals surface area (Å²) in [7, 11) is -3.79. The van der Waals surface area contributed by atoms with Gasteiger partial charge >= 0.3 is 0 Å². The number of hydrogen-bond donors (Lipinski definition) is 2. The molecule has 1 aromatic heterocycles. The molecule has 0 spiro atoms. The first kappa shape index (κ1) is 22.6. The van der Waals surface area contributed by atoms with Crippen molar-refractivity contribution in [3.05, 3.63) is 77.2 Å². The summed E-state index contributed by atoms with van der Waals surface area (Å²) in [6, 6.07) is 15.1. The SMILES string of the molecule is CCOc1ccc(NC(=O)c2oc3c(c2C)/C(=N/NS(=O)(=O)c2ccccc2)CCC3)cc1. The van der Waals surface area contributed by atoms with Crippen LogP contribution in [0.1, 0.15) is 47.2 Å². The van der Waals surface area contributed by atoms with E-state index in [1.807, 2.05) is 6.92 Å². The maximum atomic E-state index is 12.9. The summed E-state index contributed by atoms with van der Waals surface area (Å²) < 4.78 is 36.4. The minimum Gasteiger partial charge on any atom is -0.494 e. The minimum absolute atomic E-state index is 0.129. The molecule has 1 aliphatic rings. The molecule has 1 heterocycles. The summed E-state index contributed by atoms with van der Waals surface area (Å²) in [5.41, 5.74) is 2.48. The lowest BCUT2D eigenvalue weighted by Crippen LogP contribution is -2.22. The Morgan fingerprint density at radius 1 is 1.09 bits per heavy atom. The molecule has 0 unspecified atom stereocenters. The largest absolute Gasteiger partial charge is 0.494 e. The average molecular weight is 468 g/mol. The quantitative estimate of drug-likeness (QED) is 0.505. The molecule has 33 heavy (non-hydrogen) atoms. The lowest BCUT2D eigenvalue weighted by molar-refractivity contribution is 0.0994. The zero-order valence-corrected chi connectivity index (χ0v) is 19.2. The van der Waals surface area contributed by atoms with Gasteiger partial charge in [0, 0.05) is 23.2 Å². The number of sulfonamides is 1. The number of carbonyl (C=O) groups is 1. The third-order valence-electron chi connectivity index (χ3n) is 5.31. The van der Waals surface area contributed by atoms with E-state index < -0.39 is 10.0 Å². The van der Waals surface area contributed by atoms with Crippen molar-refractivity contribution in [2.75, 3.05) is 11.9 Å². The zero-order valence-electron chi connectivity index (χ0n) is 18.4. The van der Waals surface area contributed by atoms with Crippen LogP contribution in [0.5, 0.6) is 5.75 Å². The van der Waals surface area contributed by atoms with Crippen molar-refractivity contribution >= 4 is 27.3 Å². The maximum Gasteiger partial charge on any atom is 0.291 e. The standard InChI is InChI=1S/C24H25N3O5S/c1-3-31-18-14-12-17(13-15-18)25-24(28)23-16(2)22-20(10-7-11-21(22)32-23)26-27-33(29,30)19-8-5-4-6-9-19/h4-6,8-9,12-15,27H,3,7,10-11H2,1-2H3,(H,25,28)/b26-20+. The highest BCUT2D eigenvalue weighted by molar-refractivity contribution is 7.89. The van der Waals surface area contributed by atoms with Crippen molar-refractivity contribution in [2.45, 2.75) is 38.0 Å². The number of carbonyl (C=O) groups excluding carboxylic acids is 1. The minimum atomic E-state index is -3.79. The van der Waals surface area contributed by atoms with Crippen LogP contribution < -0.4 is 14.9 Å². The molecule has 172 valence electrons. The summed E-state index contributed by atoms with van der Waals surface area (Å²) in [5, 5.41) is 7.02. The second kappa shape index (κ2) is 9.50. The molecule has 4 rings (SSSR count). The van der Waals surface area contributed by atoms with Gasteiger partial charge in [0.2, 0.25) is 0 Å². The number of fused-ring (bicyclic) bond motifs is 1. The van der Waals surface area contributed by atoms with E-state index in [4.69, 9.17) is 9.15 Å². The van der Waals surface area contributed by atoms with E-state index in [-0.39, 0.29) is 16.6 Å². The Balaban J connectivity index is 1.56. The van der Waals surface area contributed by atoms with Crippen molar-refractivity contribution in [3.63, 3.8) is 0 Å². The van der Waals surface area contributed by atoms with Crippen LogP contribution >= 0.6 is 0 Å². The Morgan fingerprint density at radius 3 is 2.52 bits per heavy atom. The number of furan rings is 1. The van der Waals surface area contributed by atoms with Gasteiger partial charge in [0.1, 0.15) is 11.5 Å². The smallest absolute Gasteiger partial charge is 0.291 e. The van der Waals surface area contributed by atoms with Crippen molar-refractivity contribution in [2.24, 2.45) is 5.10 Å². The summed E-state index contributed by atoms with van der Waals surface area (Å²) >= 11 is 0. The molecule has 0 saturated heterocycles. The summed E-state index contributed by atoms with van der Waals surface area (Å²) in [5.74, 6) is 1.16. The molecule has 2 N–H and O–H groups in total. The van der Waals surface area contributed by atoms with Gasteiger partial charge in [-0.2, -0.15) is 18.4 Å². The molecule has 1 amide bonds. The topological polar surface area (TPSA) is 110 Å². The van der Waals surface area contributed by atoms with Gasteiger partial charge < -0.3 is 14.5 Å². The molecule has 3 aromatic rings. The van der Waals surface area contributed by atoms with E-state index in [9.17, 15) is 13.2 Å². The number of aryl methyl sites for hydroxylation is 1. The molecule has 0 saturated carbocycles. The molecule has 0 radical (unpaired) electrons. The zero-order chi connectivity index (χ0) is 23.4. The highest BCUT2D eigenvalue weighted by Gasteiger charge is 2.28. The van der Waals surface area contributed by atoms with E-state index in [1.54, 1.807) is 49.4 Å². The second-order valence-electron chi connectivity index (χ2n) is 7.59. The highest BCUT2D eigenvalue weighted by atomic mass is 32.2. The predicted octanol–water partition coefficient (Wildman–Crippen LogP) is 4.26. The monoisotopic (exact) mass is 467 g/mol. The molecule has 0 fully saturated rings. The number of benzene rings is 2. The number of hydrazone groups is 1. The van der Waals surface area contributed by atoms with E-state index in [0.717, 1.165) is 12.2 Å². The van der Waals surface area contributed by atoms with Crippen LogP contribution in [0, 0.1) is 6.92 Å². The van der Waals surface area contributed by atoms with Gasteiger partial charge in [-0.3, -0.25) is 4.79 Å². The molecular formula is C24H25N3O5S. The van der Waals surface area contributed by atoms with Crippen LogP contribution in [0.4, 0.5) is 5.69 Å². The first-order valence-electron chi connectivity index (χ1n) is 10.7. The molecule has 0 bridgehead atoms. The summed E-state index contributed by atoms with van der Waals surface area (Å²) in [4.78, 5) is 15.3. The Morgan fingerprint density at radius 2 is 1.82 bits per heavy atom. The molecule has 8 nitrogen and oxygen atoms in total. The Hall–Kier alpha value is -3.59. The summed E-state index contributed by atoms with van der Waals surface area (Å²) in [6.07, 6.45) is 1.97. The number of amides is 1. The van der Waals surface area contributed by atoms with Crippen molar-refractivity contribution in [3.8, 4) is 5.75 Å². The Labute approximate surface area is 192 Å². The number of nitrogens with zero attached hydrogens (tertiary/aromatic N) is 1. The van der Waals surface area contributed by atoms with Gasteiger partial charge in [0.05, 0.1) is 17.2 Å². The third kappa shape index (κ3) is 4.93. The van der Waals surface area contributed by atoms with Crippen LogP contribution in [0.25, 0.3) is 0 Å². The second-order valence-corrected chi connectivity index (χ2v) is 9.25. The van der Waals surface area contributed by atoms with Crippen LogP contribution in [0.3, 0.4) is 0 Å². The Bertz CT molecular complexity index is 1280. The fraction of sp³-hybridized carbons (Fsp3) is 0.250. The molecule has 0 atom stereocenters. The Kier molecular flexibility index (Phi) is 6.50. The number of anilines is 1. The van der Waals surface area contributed by atoms with E-state index in [1.165, 1.54) is 12.1 Å². The van der Waals surface area contributed by atoms with Crippen LogP contribution in [0.15, 0.2) is 69.0 Å². The molecule has 2 aromatic carbocycles. The van der Waals surface area contributed by atoms with Crippen LogP contribution in [-0.2, 0) is 16.4 Å². The molecule has 9 heteroatoms. The van der Waals surface area contributed by atoms with E-state index >= 15 is 0 Å². The van der Waals surface area contributed by atoms with Gasteiger partial charge in [-0.25, -0.2) is 0 Å². The van der Waals surface area contributed by atoms with Crippen molar-refractivity contribution in [1.82, 2.24) is 4.83 Å². The molecule has 0 aliphatic heterocycles. The van der Waals surface area contributed by atoms with Crippen LogP contribution in [-0.4, -0.2) is 26.6 Å². The van der Waals surface area contributed by atoms with Gasteiger partial charge in [-0.15, -0.1) is 0 Å². The van der Waals surface area contributed by atoms with Gasteiger partial charge in [0.15, 0.2) is 5.76 Å². The fourth-order valence-electron chi connectivity index (χ4n) is 3.75. The predicted molar refractivity (Wildman–Crippen MR) is 125 cm³/mol. The average Bonchev–Trinajstić information content (AvgIpc) is 3.17. The highest BCUT2D eigenvalue weighted by Crippen LogP contribution is 2.30.